The number of nitrogens with one attached hydrogen (secondary N) is 5. The van der Waals surface area contributed by atoms with Crippen LogP contribution >= 0.6 is 27.5 Å². The second kappa shape index (κ2) is 31.1. The van der Waals surface area contributed by atoms with Crippen molar-refractivity contribution in [2.24, 2.45) is 17.6 Å². The second-order valence-electron chi connectivity index (χ2n) is 22.9. The summed E-state index contributed by atoms with van der Waals surface area (Å²) < 4.78 is 24.2. The van der Waals surface area contributed by atoms with Gasteiger partial charge in [-0.25, -0.2) is 9.59 Å². The average Bonchev–Trinajstić information content (AvgIpc) is 1.66. The monoisotopic (exact) mass is 1270 g/mol. The van der Waals surface area contributed by atoms with Crippen LogP contribution in [-0.2, 0) is 58.9 Å². The van der Waals surface area contributed by atoms with E-state index in [9.17, 15) is 48.3 Å². The summed E-state index contributed by atoms with van der Waals surface area (Å²) >= 11 is 10.1. The lowest BCUT2D eigenvalue weighted by atomic mass is 9.78. The Morgan fingerprint density at radius 1 is 1.00 bits per heavy atom. The van der Waals surface area contributed by atoms with Crippen molar-refractivity contribution in [3.05, 3.63) is 94.1 Å². The maximum Gasteiger partial charge on any atom is 0.328 e. The van der Waals surface area contributed by atoms with Gasteiger partial charge in [-0.1, -0.05) is 103 Å². The zero-order valence-electron chi connectivity index (χ0n) is 50.3. The van der Waals surface area contributed by atoms with Gasteiger partial charge < -0.3 is 66.2 Å². The number of hydrogen-bond acceptors (Lipinski definition) is 14. The number of alkyl halides is 1. The molecule has 0 unspecified atom stereocenters. The number of aryl methyl sites for hydroxylation is 1. The largest absolute Gasteiger partial charge is 0.462 e. The molecule has 4 bridgehead atoms. The Labute approximate surface area is 511 Å². The van der Waals surface area contributed by atoms with Crippen molar-refractivity contribution in [1.82, 2.24) is 26.2 Å². The van der Waals surface area contributed by atoms with Gasteiger partial charge in [0.25, 0.3) is 5.91 Å². The van der Waals surface area contributed by atoms with Crippen LogP contribution in [0.4, 0.5) is 16.2 Å². The number of halogens is 2. The zero-order chi connectivity index (χ0) is 63.1. The number of benzene rings is 2. The van der Waals surface area contributed by atoms with Gasteiger partial charge in [-0.2, -0.15) is 0 Å². The molecule has 2 fully saturated rings. The van der Waals surface area contributed by atoms with Gasteiger partial charge in [0.1, 0.15) is 47.6 Å². The third-order valence-corrected chi connectivity index (χ3v) is 17.0. The first-order chi connectivity index (χ1) is 40.0. The van der Waals surface area contributed by atoms with Crippen molar-refractivity contribution >= 4 is 92.3 Å². The lowest BCUT2D eigenvalue weighted by Gasteiger charge is -2.41. The number of ether oxygens (including phenoxy) is 4. The number of aliphatic hydroxyl groups is 1. The van der Waals surface area contributed by atoms with Crippen molar-refractivity contribution in [3.63, 3.8) is 0 Å². The molecule has 2 aromatic rings. The molecule has 0 aromatic heterocycles. The molecule has 3 aliphatic heterocycles. The van der Waals surface area contributed by atoms with E-state index >= 15 is 0 Å². The van der Waals surface area contributed by atoms with E-state index < -0.39 is 114 Å². The van der Waals surface area contributed by atoms with E-state index in [-0.39, 0.29) is 61.7 Å². The third-order valence-electron chi connectivity index (χ3n) is 15.8. The highest BCUT2D eigenvalue weighted by Crippen LogP contribution is 2.50. The van der Waals surface area contributed by atoms with Crippen LogP contribution < -0.4 is 37.2 Å². The average molecular weight is 1270 g/mol. The van der Waals surface area contributed by atoms with Crippen LogP contribution in [0.5, 0.6) is 0 Å². The number of esters is 2. The highest BCUT2D eigenvalue weighted by atomic mass is 79.9. The molecule has 2 saturated heterocycles. The molecule has 0 saturated carbocycles. The fourth-order valence-electron chi connectivity index (χ4n) is 10.5. The number of rotatable bonds is 23. The lowest BCUT2D eigenvalue weighted by molar-refractivity contribution is -0.187. The van der Waals surface area contributed by atoms with E-state index in [1.54, 1.807) is 59.0 Å². The molecule has 2 aromatic carbocycles. The molecular weight excluding hydrogens is 1180 g/mol. The number of fused-ring (bicyclic) bond motifs is 5. The van der Waals surface area contributed by atoms with Crippen LogP contribution in [0, 0.1) is 18.8 Å². The van der Waals surface area contributed by atoms with E-state index in [0.29, 0.717) is 53.8 Å². The summed E-state index contributed by atoms with van der Waals surface area (Å²) in [6, 6.07) is 5.37. The number of likely N-dealkylation sites (N-methyl/N-ethyl adjacent to an activating group) is 1. The summed E-state index contributed by atoms with van der Waals surface area (Å²) in [4.78, 5) is 124. The number of carbonyl (C=O) groups is 9. The normalized spacial score (nSPS) is 24.4. The van der Waals surface area contributed by atoms with E-state index in [1.807, 2.05) is 32.1 Å². The van der Waals surface area contributed by atoms with E-state index in [2.05, 4.69) is 49.1 Å². The molecule has 3 aliphatic rings. The molecule has 85 heavy (non-hydrogen) atoms. The molecule has 8 N–H and O–H groups in total. The molecule has 3 heterocycles. The van der Waals surface area contributed by atoms with Gasteiger partial charge >= 0.3 is 18.0 Å². The van der Waals surface area contributed by atoms with Crippen LogP contribution in [0.2, 0.25) is 5.02 Å². The topological polar surface area (TPSA) is 307 Å². The van der Waals surface area contributed by atoms with Gasteiger partial charge in [-0.15, -0.1) is 0 Å². The number of anilines is 2. The van der Waals surface area contributed by atoms with Gasteiger partial charge in [-0.05, 0) is 95.0 Å². The Morgan fingerprint density at radius 2 is 1.69 bits per heavy atom. The molecule has 22 nitrogen and oxygen atoms in total. The minimum absolute atomic E-state index is 0.00693. The van der Waals surface area contributed by atoms with E-state index in [1.165, 1.54) is 38.1 Å². The van der Waals surface area contributed by atoms with Crippen LogP contribution in [0.3, 0.4) is 0 Å². The van der Waals surface area contributed by atoms with Crippen LogP contribution in [-0.4, -0.2) is 157 Å². The number of allylic oxidation sites excluding steroid dienone is 3. The summed E-state index contributed by atoms with van der Waals surface area (Å²) in [6.07, 6.45) is 3.22. The van der Waals surface area contributed by atoms with Gasteiger partial charge in [0.05, 0.1) is 40.9 Å². The van der Waals surface area contributed by atoms with Crippen molar-refractivity contribution in [3.8, 4) is 0 Å². The Morgan fingerprint density at radius 3 is 2.36 bits per heavy atom. The van der Waals surface area contributed by atoms with Gasteiger partial charge in [0.15, 0.2) is 0 Å². The summed E-state index contributed by atoms with van der Waals surface area (Å²) in [5.74, 6) is -5.82. The van der Waals surface area contributed by atoms with Crippen LogP contribution in [0.15, 0.2) is 72.4 Å². The minimum Gasteiger partial charge on any atom is -0.462 e. The van der Waals surface area contributed by atoms with E-state index in [0.717, 1.165) is 21.6 Å². The number of nitrogens with two attached hydrogens (primary N) is 1. The molecule has 5 rings (SSSR count). The number of hydrogen-bond donors (Lipinski definition) is 7. The minimum atomic E-state index is -1.66. The van der Waals surface area contributed by atoms with Crippen LogP contribution in [0.1, 0.15) is 121 Å². The van der Waals surface area contributed by atoms with Gasteiger partial charge in [-0.3, -0.25) is 33.6 Å². The van der Waals surface area contributed by atoms with Gasteiger partial charge in [0.2, 0.25) is 29.5 Å². The van der Waals surface area contributed by atoms with Gasteiger partial charge in [0, 0.05) is 64.0 Å². The van der Waals surface area contributed by atoms with E-state index in [4.69, 9.17) is 36.3 Å². The maximum atomic E-state index is 14.5. The predicted octanol–water partition coefficient (Wildman–Crippen LogP) is 6.02. The number of epoxide rings is 1. The Kier molecular flexibility index (Phi) is 25.3. The molecule has 466 valence electrons. The van der Waals surface area contributed by atoms with Crippen molar-refractivity contribution in [2.75, 3.05) is 49.8 Å². The zero-order valence-corrected chi connectivity index (χ0v) is 52.6. The van der Waals surface area contributed by atoms with Crippen LogP contribution in [0.25, 0.3) is 0 Å². The van der Waals surface area contributed by atoms with Crippen molar-refractivity contribution in [1.29, 1.82) is 0 Å². The number of carbonyl (C=O) groups excluding carboxylic acids is 9. The number of methoxy groups -OCH3 is 1. The Bertz CT molecular complexity index is 2890. The third kappa shape index (κ3) is 18.7. The first kappa shape index (κ1) is 69.1. The lowest BCUT2D eigenvalue weighted by Crippen LogP contribution is -2.54. The number of amides is 8. The summed E-state index contributed by atoms with van der Waals surface area (Å²) in [6.45, 7) is 16.3. The summed E-state index contributed by atoms with van der Waals surface area (Å²) in [7, 11) is 4.38. The molecule has 0 radical (unpaired) electrons. The number of para-hydroxylation sites is 1. The first-order valence-electron chi connectivity index (χ1n) is 28.6. The smallest absolute Gasteiger partial charge is 0.328 e. The Balaban J connectivity index is 1.35. The molecular formula is C61H84BrClN8O14. The number of primary amides is 1. The molecule has 0 aliphatic carbocycles. The highest BCUT2D eigenvalue weighted by Gasteiger charge is 2.64. The Hall–Kier alpha value is -6.66. The molecule has 0 spiro atoms. The second-order valence-corrected chi connectivity index (χ2v) is 23.8. The first-order valence-corrected chi connectivity index (χ1v) is 30.1. The number of urea groups is 1. The molecule has 24 heteroatoms. The standard InChI is InChI=1S/C61H84BrClN8O14/c1-34(2)52(69-48(72)24-13-12-16-25-65-54(75)37(5)33-62)56(77)68-43(22-18-26-66-59(64)80)55(76)67-42-21-15-14-20-41(42)57(78)70(9)39(7)58(79)84-47-30-49(73)71(10)44-29-40(28-36(4)51(44)63)27-35(3)19-17-23-46(82-11)61(81)31-45(83-50(74)32-61)38(6)53-60(47,8)85-53/h14-15,17,19-21,23,28-29,34,38-39,43,45-47,52-53,81H,5,12-13,16,18,22,24-27,30-33H2,1-4,6-11H3,(H,65,75)(H,67,76)(H,68,77)(H,69,72)(H3,64,66,80)/b23-17+,35-19+/t38-,39+,43+,45+,46-,47+,52+,53+,60+,61-/m1/s1. The quantitative estimate of drug-likeness (QED) is 0.0220. The van der Waals surface area contributed by atoms with Crippen molar-refractivity contribution < 1.29 is 67.2 Å². The predicted molar refractivity (Wildman–Crippen MR) is 325 cm³/mol. The summed E-state index contributed by atoms with van der Waals surface area (Å²) in [5.41, 5.74) is 5.57. The fourth-order valence-corrected chi connectivity index (χ4v) is 11.0. The number of nitrogens with zero attached hydrogens (tertiary/aromatic N) is 2. The number of unbranched alkanes of at least 4 members (excludes halogenated alkanes) is 2. The highest BCUT2D eigenvalue weighted by molar-refractivity contribution is 9.09. The van der Waals surface area contributed by atoms with Crippen molar-refractivity contribution in [2.45, 2.75) is 166 Å². The maximum absolute atomic E-state index is 14.5. The summed E-state index contributed by atoms with van der Waals surface area (Å²) in [5, 5.41) is 26.2. The SMILES string of the molecule is C=C(CBr)C(=O)NCCCCCC(=O)N[C@H](C(=O)N[C@@H](CCCNC(N)=O)C(=O)Nc1ccccc1C(=O)N(C)[C@@H](C)C(=O)O[C@H]1CC(=O)N(C)c2cc(cc(C)c2Cl)C/C(C)=C/C=C/[C@@H](OC)[C@]2(O)CC(=O)O[C@@H](C2)[C@@H](C)[C@@H]2O[C@@]12C)C(C)C. The molecule has 10 atom stereocenters. The fraction of sp³-hybridized carbons (Fsp3) is 0.557. The molecule has 8 amide bonds.